The Hall–Kier alpha value is 0.850. The van der Waals surface area contributed by atoms with E-state index in [0.29, 0.717) is 0 Å². The Labute approximate surface area is 116 Å². The van der Waals surface area contributed by atoms with E-state index in [1.165, 1.54) is 6.82 Å². The molecule has 6 N–H and O–H groups in total. The van der Waals surface area contributed by atoms with Crippen molar-refractivity contribution >= 4 is 14.8 Å². The van der Waals surface area contributed by atoms with Gasteiger partial charge in [-0.2, -0.15) is 0 Å². The zero-order valence-corrected chi connectivity index (χ0v) is 8.25. The molecule has 0 amide bonds. The molecule has 0 heterocycles. The predicted molar refractivity (Wildman–Crippen MR) is 59.9 cm³/mol. The first-order valence-electron chi connectivity index (χ1n) is 1.97. The molecule has 0 saturated carbocycles. The second-order valence-corrected chi connectivity index (χ2v) is 0.820. The van der Waals surface area contributed by atoms with E-state index in [-0.39, 0.29) is 66.9 Å². The van der Waals surface area contributed by atoms with Crippen LogP contribution in [-0.4, -0.2) is 45.6 Å². The van der Waals surface area contributed by atoms with Gasteiger partial charge in [-0.05, 0) is 14.5 Å². The van der Waals surface area contributed by atoms with Crippen molar-refractivity contribution in [2.45, 2.75) is 36.5 Å². The topological polar surface area (TPSA) is 131 Å². The van der Waals surface area contributed by atoms with E-state index in [1.54, 1.807) is 0 Å². The van der Waals surface area contributed by atoms with Crippen LogP contribution in [0.25, 0.3) is 0 Å². The van der Waals surface area contributed by atoms with Crippen molar-refractivity contribution in [2.24, 2.45) is 0 Å². The zero-order chi connectivity index (χ0) is 8.99. The van der Waals surface area contributed by atoms with E-state index in [9.17, 15) is 0 Å². The van der Waals surface area contributed by atoms with Crippen LogP contribution in [0, 0.1) is 0 Å². The van der Waals surface area contributed by atoms with Gasteiger partial charge in [0.05, 0.1) is 0 Å². The second kappa shape index (κ2) is 83.2. The first-order chi connectivity index (χ1) is 4.68. The van der Waals surface area contributed by atoms with Crippen molar-refractivity contribution in [3.05, 3.63) is 0 Å². The molecule has 15 heavy (non-hydrogen) atoms. The maximum atomic E-state index is 7.89. The fourth-order valence-electron chi connectivity index (χ4n) is 0. The molecule has 0 aliphatic heterocycles. The van der Waals surface area contributed by atoms with Gasteiger partial charge >= 0.3 is 36.7 Å². The molecule has 0 aromatic carbocycles. The molecule has 0 aliphatic carbocycles. The van der Waals surface area contributed by atoms with E-state index in [2.05, 4.69) is 4.81 Å². The molecule has 0 bridgehead atoms. The van der Waals surface area contributed by atoms with Gasteiger partial charge in [0.1, 0.15) is 0 Å². The number of rotatable bonds is 1. The van der Waals surface area contributed by atoms with Crippen LogP contribution in [-0.2, 0) is 4.81 Å². The zero-order valence-electron chi connectivity index (χ0n) is 6.25. The first-order valence-corrected chi connectivity index (χ1v) is 1.97. The second-order valence-electron chi connectivity index (χ2n) is 0.820. The molecular weight excluding hydrogens is 217 g/mol. The minimum absolute atomic E-state index is 0. The molecule has 0 saturated heterocycles. The molecule has 10 heteroatoms. The van der Waals surface area contributed by atoms with Gasteiger partial charge in [-0.15, -0.1) is 0 Å². The molecule has 0 fully saturated rings. The van der Waals surface area contributed by atoms with Crippen molar-refractivity contribution < 1.29 is 65.2 Å². The SMILES string of the molecule is C.C.C.C.CB(O)OO.OO.O[B-]O.[Na+]. The van der Waals surface area contributed by atoms with Crippen LogP contribution < -0.4 is 29.6 Å². The molecule has 0 aromatic rings. The van der Waals surface area contributed by atoms with Gasteiger partial charge < -0.3 is 15.1 Å². The summed E-state index contributed by atoms with van der Waals surface area (Å²) in [6, 6.07) is 0. The minimum Gasteiger partial charge on any atom is -0.639 e. The average molecular weight is 242 g/mol. The van der Waals surface area contributed by atoms with Crippen LogP contribution in [0.5, 0.6) is 0 Å². The summed E-state index contributed by atoms with van der Waals surface area (Å²) < 4.78 is 0. The Kier molecular flexibility index (Phi) is 315. The van der Waals surface area contributed by atoms with Gasteiger partial charge in [-0.25, -0.2) is 0 Å². The maximum absolute atomic E-state index is 7.89. The Bertz CT molecular complexity index is 46.6. The fraction of sp³-hybridized carbons (Fsp3) is 1.00. The number of hydrogen-bond donors (Lipinski definition) is 6. The Morgan fingerprint density at radius 2 is 1.07 bits per heavy atom. The van der Waals surface area contributed by atoms with Crippen molar-refractivity contribution in [1.82, 2.24) is 0 Å². The van der Waals surface area contributed by atoms with E-state index in [1.807, 2.05) is 0 Å². The molecule has 0 aromatic heterocycles. The quantitative estimate of drug-likeness (QED) is 0.172. The smallest absolute Gasteiger partial charge is 0.639 e. The molecule has 0 spiro atoms. The van der Waals surface area contributed by atoms with Crippen molar-refractivity contribution in [2.75, 3.05) is 0 Å². The van der Waals surface area contributed by atoms with Crippen LogP contribution in [0.15, 0.2) is 0 Å². The Morgan fingerprint density at radius 3 is 1.07 bits per heavy atom. The van der Waals surface area contributed by atoms with E-state index < -0.39 is 7.12 Å². The maximum Gasteiger partial charge on any atom is 1.00 e. The minimum atomic E-state index is -1.06. The largest absolute Gasteiger partial charge is 1.00 e. The summed E-state index contributed by atoms with van der Waals surface area (Å²) >= 11 is 0. The van der Waals surface area contributed by atoms with Crippen LogP contribution in [0.1, 0.15) is 29.7 Å². The summed E-state index contributed by atoms with van der Waals surface area (Å²) in [5.74, 6) is 0. The summed E-state index contributed by atoms with van der Waals surface area (Å²) in [7, 11) is -1.06. The van der Waals surface area contributed by atoms with Crippen LogP contribution in [0.3, 0.4) is 0 Å². The third-order valence-corrected chi connectivity index (χ3v) is 0.153. The summed E-state index contributed by atoms with van der Waals surface area (Å²) in [5.41, 5.74) is 0. The van der Waals surface area contributed by atoms with Crippen molar-refractivity contribution in [3.8, 4) is 0 Å². The molecule has 0 atom stereocenters. The van der Waals surface area contributed by atoms with E-state index in [0.717, 1.165) is 0 Å². The van der Waals surface area contributed by atoms with Crippen LogP contribution in [0.4, 0.5) is 0 Å². The molecule has 7 nitrogen and oxygen atoms in total. The van der Waals surface area contributed by atoms with Crippen molar-refractivity contribution in [1.29, 1.82) is 0 Å². The monoisotopic (exact) mass is 242 g/mol. The summed E-state index contributed by atoms with van der Waals surface area (Å²) in [5, 5.41) is 41.3. The fourth-order valence-corrected chi connectivity index (χ4v) is 0. The van der Waals surface area contributed by atoms with Crippen molar-refractivity contribution in [3.63, 3.8) is 0 Å². The third-order valence-electron chi connectivity index (χ3n) is 0.153. The molecule has 0 rings (SSSR count). The summed E-state index contributed by atoms with van der Waals surface area (Å²) in [4.78, 5) is 3.31. The molecule has 2 radical (unpaired) electrons. The summed E-state index contributed by atoms with van der Waals surface area (Å²) in [6.07, 6.45) is 0. The Balaban J connectivity index is -0.00000000751. The third kappa shape index (κ3) is 302. The molecule has 94 valence electrons. The van der Waals surface area contributed by atoms with E-state index >= 15 is 0 Å². The molecule has 0 aliphatic rings. The van der Waals surface area contributed by atoms with Gasteiger partial charge in [0.15, 0.2) is 0 Å². The molecular formula is C5H25B2NaO7. The van der Waals surface area contributed by atoms with Gasteiger partial charge in [-0.3, -0.25) is 20.6 Å². The first kappa shape index (κ1) is 56.7. The normalized spacial score (nSPS) is 4.20. The van der Waals surface area contributed by atoms with Gasteiger partial charge in [-0.1, -0.05) is 29.7 Å². The number of hydrogen-bond acceptors (Lipinski definition) is 7. The predicted octanol–water partition coefficient (Wildman–Crippen LogP) is -2.34. The molecule has 0 unspecified atom stereocenters. The van der Waals surface area contributed by atoms with E-state index in [4.69, 9.17) is 30.8 Å². The van der Waals surface area contributed by atoms with Gasteiger partial charge in [0.2, 0.25) is 0 Å². The average Bonchev–Trinajstić information content (AvgIpc) is 1.94. The Morgan fingerprint density at radius 1 is 1.00 bits per heavy atom. The summed E-state index contributed by atoms with van der Waals surface area (Å²) in [6.45, 7) is 1.31. The standard InChI is InChI=1S/CH5BO3.4CH4.BH2O2.Na.H2O2/c1-2(3)5-4;;;;;2-1-3;;1-2/h3-4H,1H3;4*1H4;2-3H;;1-2H/q;;;;;-1;+1;. The van der Waals surface area contributed by atoms with Crippen LogP contribution in [0.2, 0.25) is 6.82 Å². The van der Waals surface area contributed by atoms with Gasteiger partial charge in [0.25, 0.3) is 0 Å². The van der Waals surface area contributed by atoms with Crippen LogP contribution >= 0.6 is 0 Å². The van der Waals surface area contributed by atoms with Gasteiger partial charge in [0, 0.05) is 0 Å².